The van der Waals surface area contributed by atoms with Crippen LogP contribution in [0.3, 0.4) is 0 Å². The van der Waals surface area contributed by atoms with Crippen LogP contribution in [0.2, 0.25) is 0 Å². The quantitative estimate of drug-likeness (QED) is 0.481. The predicted molar refractivity (Wildman–Crippen MR) is 113 cm³/mol. The molecule has 0 bridgehead atoms. The van der Waals surface area contributed by atoms with Gasteiger partial charge in [0.15, 0.2) is 0 Å². The van der Waals surface area contributed by atoms with Crippen LogP contribution in [0.25, 0.3) is 5.65 Å². The third kappa shape index (κ3) is 4.56. The van der Waals surface area contributed by atoms with Crippen LogP contribution < -0.4 is 10.0 Å². The van der Waals surface area contributed by atoms with E-state index in [1.807, 2.05) is 65.3 Å². The molecule has 0 radical (unpaired) electrons. The molecule has 0 saturated heterocycles. The number of nitrogens with one attached hydrogen (secondary N) is 2. The summed E-state index contributed by atoms with van der Waals surface area (Å²) in [5.74, 6) is -0.368. The Morgan fingerprint density at radius 1 is 0.933 bits per heavy atom. The molecule has 2 N–H and O–H groups in total. The highest BCUT2D eigenvalue weighted by molar-refractivity contribution is 7.89. The third-order valence-electron chi connectivity index (χ3n) is 4.56. The van der Waals surface area contributed by atoms with Gasteiger partial charge in [-0.3, -0.25) is 4.79 Å². The second-order valence-electron chi connectivity index (χ2n) is 6.72. The lowest BCUT2D eigenvalue weighted by Gasteiger charge is -2.09. The SMILES string of the molecule is O=C(NCc1cn2ccccc2n1)c1cccc(S(=O)(=O)NCc2ccccc2)c1. The highest BCUT2D eigenvalue weighted by atomic mass is 32.2. The van der Waals surface area contributed by atoms with Gasteiger partial charge in [-0.2, -0.15) is 0 Å². The molecule has 8 heteroatoms. The summed E-state index contributed by atoms with van der Waals surface area (Å²) in [7, 11) is -3.74. The molecule has 0 spiro atoms. The minimum absolute atomic E-state index is 0.0406. The Balaban J connectivity index is 1.43. The fraction of sp³-hybridized carbons (Fsp3) is 0.0909. The molecule has 0 saturated carbocycles. The fourth-order valence-corrected chi connectivity index (χ4v) is 4.07. The summed E-state index contributed by atoms with van der Waals surface area (Å²) < 4.78 is 29.6. The first-order chi connectivity index (χ1) is 14.5. The van der Waals surface area contributed by atoms with Gasteiger partial charge in [0.05, 0.1) is 17.1 Å². The number of benzene rings is 2. The minimum atomic E-state index is -3.74. The standard InChI is InChI=1S/C22H20N4O3S/c27-22(23-15-19-16-26-12-5-4-11-21(26)25-19)18-9-6-10-20(13-18)30(28,29)24-14-17-7-2-1-3-8-17/h1-13,16,24H,14-15H2,(H,23,27). The van der Waals surface area contributed by atoms with Crippen LogP contribution in [0.5, 0.6) is 0 Å². The van der Waals surface area contributed by atoms with Gasteiger partial charge in [0.2, 0.25) is 10.0 Å². The summed E-state index contributed by atoms with van der Waals surface area (Å²) in [6.45, 7) is 0.414. The number of carbonyl (C=O) groups is 1. The summed E-state index contributed by atoms with van der Waals surface area (Å²) in [4.78, 5) is 17.0. The molecule has 2 aromatic carbocycles. The smallest absolute Gasteiger partial charge is 0.251 e. The van der Waals surface area contributed by atoms with Crippen molar-refractivity contribution in [1.82, 2.24) is 19.4 Å². The van der Waals surface area contributed by atoms with Gasteiger partial charge in [0.1, 0.15) is 5.65 Å². The first-order valence-corrected chi connectivity index (χ1v) is 10.8. The van der Waals surface area contributed by atoms with Crippen molar-refractivity contribution in [1.29, 1.82) is 0 Å². The maximum atomic E-state index is 12.6. The number of rotatable bonds is 7. The Kier molecular flexibility index (Phi) is 5.60. The maximum Gasteiger partial charge on any atom is 0.251 e. The molecule has 4 aromatic rings. The zero-order chi connectivity index (χ0) is 21.0. The van der Waals surface area contributed by atoms with E-state index < -0.39 is 10.0 Å². The molecule has 0 unspecified atom stereocenters. The Morgan fingerprint density at radius 2 is 1.73 bits per heavy atom. The van der Waals surface area contributed by atoms with Gasteiger partial charge in [-0.25, -0.2) is 18.1 Å². The van der Waals surface area contributed by atoms with Crippen molar-refractivity contribution in [2.45, 2.75) is 18.0 Å². The second kappa shape index (κ2) is 8.48. The summed E-state index contributed by atoms with van der Waals surface area (Å²) >= 11 is 0. The lowest BCUT2D eigenvalue weighted by molar-refractivity contribution is 0.0950. The first-order valence-electron chi connectivity index (χ1n) is 9.36. The van der Waals surface area contributed by atoms with Crippen molar-refractivity contribution < 1.29 is 13.2 Å². The number of nitrogens with zero attached hydrogens (tertiary/aromatic N) is 2. The molecular formula is C22H20N4O3S. The van der Waals surface area contributed by atoms with Gasteiger partial charge >= 0.3 is 0 Å². The highest BCUT2D eigenvalue weighted by Gasteiger charge is 2.16. The monoisotopic (exact) mass is 420 g/mol. The molecule has 0 fully saturated rings. The predicted octanol–water partition coefficient (Wildman–Crippen LogP) is 2.74. The normalized spacial score (nSPS) is 11.5. The molecule has 1 amide bonds. The van der Waals surface area contributed by atoms with Crippen LogP contribution in [0.4, 0.5) is 0 Å². The average molecular weight is 420 g/mol. The zero-order valence-corrected chi connectivity index (χ0v) is 16.8. The lowest BCUT2D eigenvalue weighted by atomic mass is 10.2. The van der Waals surface area contributed by atoms with E-state index in [1.165, 1.54) is 12.1 Å². The van der Waals surface area contributed by atoms with Gasteiger partial charge in [-0.1, -0.05) is 42.5 Å². The zero-order valence-electron chi connectivity index (χ0n) is 16.0. The van der Waals surface area contributed by atoms with E-state index in [4.69, 9.17) is 0 Å². The molecule has 2 heterocycles. The highest BCUT2D eigenvalue weighted by Crippen LogP contribution is 2.13. The van der Waals surface area contributed by atoms with Gasteiger partial charge in [0, 0.05) is 24.5 Å². The average Bonchev–Trinajstić information content (AvgIpc) is 3.20. The largest absolute Gasteiger partial charge is 0.346 e. The van der Waals surface area contributed by atoms with Crippen LogP contribution >= 0.6 is 0 Å². The number of hydrogen-bond acceptors (Lipinski definition) is 4. The van der Waals surface area contributed by atoms with E-state index in [1.54, 1.807) is 12.1 Å². The van der Waals surface area contributed by atoms with E-state index in [0.717, 1.165) is 11.2 Å². The molecular weight excluding hydrogens is 400 g/mol. The maximum absolute atomic E-state index is 12.6. The topological polar surface area (TPSA) is 92.6 Å². The van der Waals surface area contributed by atoms with Gasteiger partial charge in [0.25, 0.3) is 5.91 Å². The number of imidazole rings is 1. The summed E-state index contributed by atoms with van der Waals surface area (Å²) in [6.07, 6.45) is 3.72. The van der Waals surface area contributed by atoms with E-state index in [2.05, 4.69) is 15.0 Å². The molecule has 0 aliphatic heterocycles. The van der Waals surface area contributed by atoms with Crippen LogP contribution in [-0.2, 0) is 23.1 Å². The number of sulfonamides is 1. The number of fused-ring (bicyclic) bond motifs is 1. The molecule has 0 atom stereocenters. The number of pyridine rings is 1. The molecule has 0 aliphatic rings. The first kappa shape index (κ1) is 19.8. The van der Waals surface area contributed by atoms with Crippen LogP contribution in [0.15, 0.2) is 90.1 Å². The molecule has 0 aliphatic carbocycles. The molecule has 30 heavy (non-hydrogen) atoms. The van der Waals surface area contributed by atoms with E-state index in [9.17, 15) is 13.2 Å². The number of aromatic nitrogens is 2. The third-order valence-corrected chi connectivity index (χ3v) is 5.96. The van der Waals surface area contributed by atoms with Crippen LogP contribution in [-0.4, -0.2) is 23.7 Å². The molecule has 152 valence electrons. The van der Waals surface area contributed by atoms with Crippen molar-refractivity contribution in [2.24, 2.45) is 0 Å². The van der Waals surface area contributed by atoms with Crippen LogP contribution in [0, 0.1) is 0 Å². The van der Waals surface area contributed by atoms with Crippen molar-refractivity contribution >= 4 is 21.6 Å². The van der Waals surface area contributed by atoms with Crippen molar-refractivity contribution in [3.63, 3.8) is 0 Å². The number of carbonyl (C=O) groups excluding carboxylic acids is 1. The fourth-order valence-electron chi connectivity index (χ4n) is 3.01. The van der Waals surface area contributed by atoms with Gasteiger partial charge < -0.3 is 9.72 Å². The Bertz CT molecular complexity index is 1250. The Labute approximate surface area is 174 Å². The molecule has 4 rings (SSSR count). The Hall–Kier alpha value is -3.49. The van der Waals surface area contributed by atoms with Crippen molar-refractivity contribution in [2.75, 3.05) is 0 Å². The van der Waals surface area contributed by atoms with E-state index in [-0.39, 0.29) is 29.5 Å². The summed E-state index contributed by atoms with van der Waals surface area (Å²) in [5, 5.41) is 2.78. The lowest BCUT2D eigenvalue weighted by Crippen LogP contribution is -2.25. The number of amides is 1. The second-order valence-corrected chi connectivity index (χ2v) is 8.49. The number of hydrogen-bond donors (Lipinski definition) is 2. The van der Waals surface area contributed by atoms with Gasteiger partial charge in [-0.15, -0.1) is 0 Å². The van der Waals surface area contributed by atoms with Crippen molar-refractivity contribution in [3.05, 3.63) is 102 Å². The van der Waals surface area contributed by atoms with Crippen molar-refractivity contribution in [3.8, 4) is 0 Å². The molecule has 7 nitrogen and oxygen atoms in total. The van der Waals surface area contributed by atoms with Gasteiger partial charge in [-0.05, 0) is 35.9 Å². The van der Waals surface area contributed by atoms with Crippen LogP contribution in [0.1, 0.15) is 21.6 Å². The minimum Gasteiger partial charge on any atom is -0.346 e. The summed E-state index contributed by atoms with van der Waals surface area (Å²) in [5.41, 5.74) is 2.62. The van der Waals surface area contributed by atoms with E-state index >= 15 is 0 Å². The van der Waals surface area contributed by atoms with E-state index in [0.29, 0.717) is 5.69 Å². The molecule has 2 aromatic heterocycles. The Morgan fingerprint density at radius 3 is 2.53 bits per heavy atom. The summed E-state index contributed by atoms with van der Waals surface area (Å²) in [6, 6.07) is 20.9.